The lowest BCUT2D eigenvalue weighted by Gasteiger charge is -2.20. The van der Waals surface area contributed by atoms with Gasteiger partial charge in [-0.1, -0.05) is 0 Å². The summed E-state index contributed by atoms with van der Waals surface area (Å²) in [7, 11) is 1.75. The molecule has 0 saturated heterocycles. The molecular weight excluding hydrogens is 310 g/mol. The van der Waals surface area contributed by atoms with Crippen LogP contribution in [0, 0.1) is 0 Å². The highest BCUT2D eigenvalue weighted by Crippen LogP contribution is 2.19. The molecule has 0 aliphatic carbocycles. The molecule has 0 atom stereocenters. The molecule has 19 heavy (non-hydrogen) atoms. The molecule has 0 aliphatic heterocycles. The van der Waals surface area contributed by atoms with E-state index in [2.05, 4.69) is 41.8 Å². The molecule has 1 aromatic heterocycles. The Hall–Kier alpha value is -1.37. The van der Waals surface area contributed by atoms with Crippen molar-refractivity contribution in [3.8, 4) is 0 Å². The Bertz CT molecular complexity index is 444. The Morgan fingerprint density at radius 2 is 2.11 bits per heavy atom. The Morgan fingerprint density at radius 1 is 1.42 bits per heavy atom. The second-order valence-electron chi connectivity index (χ2n) is 5.12. The first-order valence-electron chi connectivity index (χ1n) is 6.07. The molecule has 106 valence electrons. The molecule has 7 heteroatoms. The molecule has 0 bridgehead atoms. The maximum atomic E-state index is 11.6. The van der Waals surface area contributed by atoms with Gasteiger partial charge in [-0.3, -0.25) is 4.79 Å². The standard InChI is InChI=1S/C12H20BrN5O/c1-12(2,3)18-9(19)5-6-15-10-8(13)7-16-11(14-4)17-10/h7H,5-6H2,1-4H3,(H,18,19)(H2,14,15,16,17). The molecule has 0 aliphatic rings. The molecule has 0 radical (unpaired) electrons. The number of hydrogen-bond donors (Lipinski definition) is 3. The number of rotatable bonds is 5. The van der Waals surface area contributed by atoms with E-state index in [0.717, 1.165) is 4.47 Å². The first kappa shape index (κ1) is 15.7. The van der Waals surface area contributed by atoms with Gasteiger partial charge in [0, 0.05) is 31.7 Å². The van der Waals surface area contributed by atoms with Crippen LogP contribution in [-0.2, 0) is 4.79 Å². The number of hydrogen-bond acceptors (Lipinski definition) is 5. The van der Waals surface area contributed by atoms with Crippen molar-refractivity contribution >= 4 is 33.6 Å². The third-order valence-corrected chi connectivity index (χ3v) is 2.71. The van der Waals surface area contributed by atoms with E-state index in [4.69, 9.17) is 0 Å². The third-order valence-electron chi connectivity index (χ3n) is 2.13. The molecule has 3 N–H and O–H groups in total. The molecule has 1 aromatic rings. The number of nitrogens with one attached hydrogen (secondary N) is 3. The fourth-order valence-corrected chi connectivity index (χ4v) is 1.72. The molecule has 0 spiro atoms. The van der Waals surface area contributed by atoms with E-state index in [1.54, 1.807) is 13.2 Å². The van der Waals surface area contributed by atoms with Gasteiger partial charge in [0.15, 0.2) is 0 Å². The molecular formula is C12H20BrN5O. The van der Waals surface area contributed by atoms with E-state index >= 15 is 0 Å². The number of carbonyl (C=O) groups is 1. The maximum Gasteiger partial charge on any atom is 0.224 e. The van der Waals surface area contributed by atoms with Gasteiger partial charge in [0.1, 0.15) is 5.82 Å². The van der Waals surface area contributed by atoms with Crippen LogP contribution in [-0.4, -0.2) is 35.0 Å². The quantitative estimate of drug-likeness (QED) is 0.770. The zero-order valence-electron chi connectivity index (χ0n) is 11.7. The molecule has 6 nitrogen and oxygen atoms in total. The SMILES string of the molecule is CNc1ncc(Br)c(NCCC(=O)NC(C)(C)C)n1. The number of nitrogens with zero attached hydrogens (tertiary/aromatic N) is 2. The zero-order valence-corrected chi connectivity index (χ0v) is 13.3. The zero-order chi connectivity index (χ0) is 14.5. The molecule has 0 aromatic carbocycles. The molecule has 1 rings (SSSR count). The Kier molecular flexibility index (Phi) is 5.53. The van der Waals surface area contributed by atoms with Crippen molar-refractivity contribution in [2.45, 2.75) is 32.7 Å². The van der Waals surface area contributed by atoms with Crippen molar-refractivity contribution in [3.05, 3.63) is 10.7 Å². The lowest BCUT2D eigenvalue weighted by molar-refractivity contribution is -0.122. The average molecular weight is 330 g/mol. The lowest BCUT2D eigenvalue weighted by atomic mass is 10.1. The summed E-state index contributed by atoms with van der Waals surface area (Å²) in [5.74, 6) is 1.21. The molecule has 1 amide bonds. The van der Waals surface area contributed by atoms with Gasteiger partial charge in [-0.15, -0.1) is 0 Å². The monoisotopic (exact) mass is 329 g/mol. The van der Waals surface area contributed by atoms with Gasteiger partial charge in [-0.05, 0) is 36.7 Å². The van der Waals surface area contributed by atoms with Crippen LogP contribution >= 0.6 is 15.9 Å². The number of anilines is 2. The second kappa shape index (κ2) is 6.70. The summed E-state index contributed by atoms with van der Waals surface area (Å²) in [6.45, 7) is 6.39. The maximum absolute atomic E-state index is 11.6. The van der Waals surface area contributed by atoms with E-state index in [1.807, 2.05) is 20.8 Å². The smallest absolute Gasteiger partial charge is 0.224 e. The van der Waals surface area contributed by atoms with Gasteiger partial charge in [0.2, 0.25) is 11.9 Å². The number of halogens is 1. The topological polar surface area (TPSA) is 78.9 Å². The number of aromatic nitrogens is 2. The third kappa shape index (κ3) is 5.87. The molecule has 0 saturated carbocycles. The predicted octanol–water partition coefficient (Wildman–Crippen LogP) is 2.00. The van der Waals surface area contributed by atoms with Crippen LogP contribution in [0.5, 0.6) is 0 Å². The van der Waals surface area contributed by atoms with Crippen molar-refractivity contribution in [1.29, 1.82) is 0 Å². The predicted molar refractivity (Wildman–Crippen MR) is 80.3 cm³/mol. The Balaban J connectivity index is 2.47. The van der Waals surface area contributed by atoms with Gasteiger partial charge >= 0.3 is 0 Å². The van der Waals surface area contributed by atoms with Crippen molar-refractivity contribution in [3.63, 3.8) is 0 Å². The summed E-state index contributed by atoms with van der Waals surface area (Å²) in [5, 5.41) is 8.87. The highest BCUT2D eigenvalue weighted by molar-refractivity contribution is 9.10. The second-order valence-corrected chi connectivity index (χ2v) is 5.97. The summed E-state index contributed by atoms with van der Waals surface area (Å²) >= 11 is 3.36. The van der Waals surface area contributed by atoms with E-state index in [9.17, 15) is 4.79 Å². The van der Waals surface area contributed by atoms with Crippen molar-refractivity contribution < 1.29 is 4.79 Å². The van der Waals surface area contributed by atoms with E-state index in [-0.39, 0.29) is 11.4 Å². The van der Waals surface area contributed by atoms with E-state index < -0.39 is 0 Å². The van der Waals surface area contributed by atoms with Crippen LogP contribution in [0.25, 0.3) is 0 Å². The summed E-state index contributed by atoms with van der Waals surface area (Å²) in [4.78, 5) is 20.0. The van der Waals surface area contributed by atoms with Crippen LogP contribution < -0.4 is 16.0 Å². The van der Waals surface area contributed by atoms with E-state index in [1.165, 1.54) is 0 Å². The minimum atomic E-state index is -0.202. The minimum Gasteiger partial charge on any atom is -0.368 e. The average Bonchev–Trinajstić information content (AvgIpc) is 2.29. The largest absolute Gasteiger partial charge is 0.368 e. The van der Waals surface area contributed by atoms with E-state index in [0.29, 0.717) is 24.7 Å². The molecule has 0 fully saturated rings. The molecule has 1 heterocycles. The number of carbonyl (C=O) groups excluding carboxylic acids is 1. The first-order valence-corrected chi connectivity index (χ1v) is 6.86. The first-order chi connectivity index (χ1) is 8.81. The van der Waals surface area contributed by atoms with Crippen molar-refractivity contribution in [2.75, 3.05) is 24.2 Å². The summed E-state index contributed by atoms with van der Waals surface area (Å²) in [5.41, 5.74) is -0.202. The van der Waals surface area contributed by atoms with Gasteiger partial charge in [-0.2, -0.15) is 4.98 Å². The van der Waals surface area contributed by atoms with Gasteiger partial charge in [0.25, 0.3) is 0 Å². The van der Waals surface area contributed by atoms with Crippen LogP contribution in [0.2, 0.25) is 0 Å². The molecule has 0 unspecified atom stereocenters. The highest BCUT2D eigenvalue weighted by atomic mass is 79.9. The van der Waals surface area contributed by atoms with Gasteiger partial charge in [0.05, 0.1) is 4.47 Å². The van der Waals surface area contributed by atoms with Crippen molar-refractivity contribution in [1.82, 2.24) is 15.3 Å². The lowest BCUT2D eigenvalue weighted by Crippen LogP contribution is -2.41. The van der Waals surface area contributed by atoms with Gasteiger partial charge in [-0.25, -0.2) is 4.98 Å². The highest BCUT2D eigenvalue weighted by Gasteiger charge is 2.13. The minimum absolute atomic E-state index is 0.0130. The van der Waals surface area contributed by atoms with Crippen LogP contribution in [0.1, 0.15) is 27.2 Å². The van der Waals surface area contributed by atoms with Crippen LogP contribution in [0.15, 0.2) is 10.7 Å². The summed E-state index contributed by atoms with van der Waals surface area (Å²) in [6, 6.07) is 0. The van der Waals surface area contributed by atoms with Gasteiger partial charge < -0.3 is 16.0 Å². The Labute approximate surface area is 121 Å². The fourth-order valence-electron chi connectivity index (χ4n) is 1.39. The normalized spacial score (nSPS) is 11.0. The number of amides is 1. The van der Waals surface area contributed by atoms with Crippen LogP contribution in [0.3, 0.4) is 0 Å². The summed E-state index contributed by atoms with van der Waals surface area (Å²) < 4.78 is 0.766. The van der Waals surface area contributed by atoms with Crippen molar-refractivity contribution in [2.24, 2.45) is 0 Å². The summed E-state index contributed by atoms with van der Waals surface area (Å²) in [6.07, 6.45) is 2.05. The fraction of sp³-hybridized carbons (Fsp3) is 0.583. The van der Waals surface area contributed by atoms with Crippen LogP contribution in [0.4, 0.5) is 11.8 Å². The Morgan fingerprint density at radius 3 is 2.68 bits per heavy atom.